The first kappa shape index (κ1) is 9.03. The van der Waals surface area contributed by atoms with Crippen molar-refractivity contribution >= 4 is 51.0 Å². The number of benzene rings is 1. The Bertz CT molecular complexity index is 245. The molecule has 2 heteroatoms. The summed E-state index contributed by atoms with van der Waals surface area (Å²) in [5.41, 5.74) is 1.80. The van der Waals surface area contributed by atoms with Crippen molar-refractivity contribution in [3.05, 3.63) is 35.9 Å². The van der Waals surface area contributed by atoms with Crippen LogP contribution >= 0.6 is 0 Å². The summed E-state index contributed by atoms with van der Waals surface area (Å²) in [7, 11) is 0. The van der Waals surface area contributed by atoms with Gasteiger partial charge >= 0.3 is 97.6 Å². The van der Waals surface area contributed by atoms with Gasteiger partial charge in [0.1, 0.15) is 0 Å². The summed E-state index contributed by atoms with van der Waals surface area (Å²) >= 11 is 0.932. The van der Waals surface area contributed by atoms with Crippen LogP contribution in [-0.4, -0.2) is 51.0 Å². The van der Waals surface area contributed by atoms with Crippen LogP contribution in [0.5, 0.6) is 0 Å². The van der Waals surface area contributed by atoms with Gasteiger partial charge in [-0.15, -0.1) is 0 Å². The van der Waals surface area contributed by atoms with Crippen LogP contribution in [0.4, 0.5) is 0 Å². The molecule has 1 aromatic rings. The molecule has 0 fully saturated rings. The Morgan fingerprint density at radius 1 is 1.20 bits per heavy atom. The van der Waals surface area contributed by atoms with E-state index in [1.807, 2.05) is 30.3 Å². The third-order valence-electron chi connectivity index (χ3n) is 1.07. The second kappa shape index (κ2) is 5.57. The third kappa shape index (κ3) is 3.36. The predicted octanol–water partition coefficient (Wildman–Crippen LogP) is 0.783. The Morgan fingerprint density at radius 3 is 2.50 bits per heavy atom. The molecule has 0 heterocycles. The molecular weight excluding hydrogens is 214 g/mol. The second-order valence-corrected chi connectivity index (χ2v) is 6.39. The molecule has 0 aromatic heterocycles. The predicted molar refractivity (Wildman–Crippen MR) is 44.8 cm³/mol. The molecule has 0 N–H and O–H groups in total. The van der Waals surface area contributed by atoms with E-state index in [2.05, 4.69) is 10.7 Å². The van der Waals surface area contributed by atoms with Crippen molar-refractivity contribution in [2.75, 3.05) is 0 Å². The maximum absolute atomic E-state index is 3.16. The molecule has 0 radical (unpaired) electrons. The molecule has 0 saturated carbocycles. The van der Waals surface area contributed by atoms with Crippen LogP contribution in [0.2, 0.25) is 0 Å². The zero-order chi connectivity index (χ0) is 7.23. The molecule has 44 valence electrons. The summed E-state index contributed by atoms with van der Waals surface area (Å²) in [6.07, 6.45) is 0. The van der Waals surface area contributed by atoms with Crippen molar-refractivity contribution in [2.45, 2.75) is 0 Å². The molecule has 0 bridgehead atoms. The van der Waals surface area contributed by atoms with Gasteiger partial charge in [-0.2, -0.15) is 0 Å². The Labute approximate surface area is 95.6 Å². The average Bonchev–Trinajstić information content (AvgIpc) is 2.03. The van der Waals surface area contributed by atoms with Gasteiger partial charge in [0.05, 0.1) is 0 Å². The van der Waals surface area contributed by atoms with Crippen LogP contribution in [0.25, 0.3) is 0 Å². The Hall–Kier alpha value is 0.936. The fourth-order valence-electron chi connectivity index (χ4n) is 0.631. The molecule has 0 nitrogen and oxygen atoms in total. The first-order chi connectivity index (χ1) is 4.93. The minimum absolute atomic E-state index is 0.656. The van der Waals surface area contributed by atoms with Crippen molar-refractivity contribution in [2.24, 2.45) is 0 Å². The molecule has 0 aliphatic heterocycles. The standard InChI is InChI=1S/C8H6Se.K/c9-7-6-8-4-2-1-3-5-8;/h1-5,9H;/q;+1/p-1. The Morgan fingerprint density at radius 2 is 1.90 bits per heavy atom. The number of hydrogen-bond donors (Lipinski definition) is 0. The van der Waals surface area contributed by atoms with E-state index in [-0.39, 0.29) is 0 Å². The van der Waals surface area contributed by atoms with Crippen LogP contribution in [0, 0.1) is 10.7 Å². The molecular formula is C8H5KSe. The van der Waals surface area contributed by atoms with E-state index in [4.69, 9.17) is 0 Å². The summed E-state index contributed by atoms with van der Waals surface area (Å²) in [5.74, 6) is 3.12. The first-order valence-electron chi connectivity index (χ1n) is 3.02. The van der Waals surface area contributed by atoms with Crippen molar-refractivity contribution in [1.82, 2.24) is 0 Å². The van der Waals surface area contributed by atoms with Gasteiger partial charge in [0.25, 0.3) is 0 Å². The summed E-state index contributed by atoms with van der Waals surface area (Å²) in [6.45, 7) is 0. The van der Waals surface area contributed by atoms with Gasteiger partial charge in [-0.25, -0.2) is 0 Å². The van der Waals surface area contributed by atoms with Crippen molar-refractivity contribution in [3.63, 3.8) is 0 Å². The molecule has 0 aliphatic rings. The number of hydrogen-bond acceptors (Lipinski definition) is 0. The molecule has 0 aliphatic carbocycles. The van der Waals surface area contributed by atoms with E-state index in [0.717, 1.165) is 50.9 Å². The zero-order valence-electron chi connectivity index (χ0n) is 5.79. The second-order valence-electron chi connectivity index (χ2n) is 1.80. The molecule has 10 heavy (non-hydrogen) atoms. The van der Waals surface area contributed by atoms with Gasteiger partial charge in [0, 0.05) is 0 Å². The quantitative estimate of drug-likeness (QED) is 0.447. The first-order valence-corrected chi connectivity index (χ1v) is 12.2. The van der Waals surface area contributed by atoms with Crippen molar-refractivity contribution < 1.29 is 0 Å². The third-order valence-corrected chi connectivity index (χ3v) is 3.37. The molecule has 0 spiro atoms. The van der Waals surface area contributed by atoms with Crippen LogP contribution < -0.4 is 0 Å². The average molecular weight is 219 g/mol. The normalized spacial score (nSPS) is 8.20. The van der Waals surface area contributed by atoms with Crippen LogP contribution in [0.3, 0.4) is 0 Å². The molecule has 0 saturated heterocycles. The summed E-state index contributed by atoms with van der Waals surface area (Å²) in [4.78, 5) is 3.16. The molecule has 0 amide bonds. The SMILES string of the molecule is [K][Se]C#Cc1ccccc1. The van der Waals surface area contributed by atoms with E-state index in [1.54, 1.807) is 0 Å². The van der Waals surface area contributed by atoms with E-state index >= 15 is 0 Å². The van der Waals surface area contributed by atoms with Gasteiger partial charge in [0.2, 0.25) is 0 Å². The van der Waals surface area contributed by atoms with Crippen molar-refractivity contribution in [3.8, 4) is 10.7 Å². The van der Waals surface area contributed by atoms with E-state index in [9.17, 15) is 0 Å². The Balaban J connectivity index is 2.76. The van der Waals surface area contributed by atoms with Gasteiger partial charge in [-0.1, -0.05) is 0 Å². The monoisotopic (exact) mass is 220 g/mol. The maximum atomic E-state index is 3.16. The molecule has 1 rings (SSSR count). The fraction of sp³-hybridized carbons (Fsp3) is 0. The van der Waals surface area contributed by atoms with Crippen molar-refractivity contribution in [1.29, 1.82) is 0 Å². The van der Waals surface area contributed by atoms with Gasteiger partial charge in [0.15, 0.2) is 0 Å². The Kier molecular flexibility index (Phi) is 5.03. The fourth-order valence-corrected chi connectivity index (χ4v) is 1.92. The van der Waals surface area contributed by atoms with Crippen LogP contribution in [0.1, 0.15) is 5.56 Å². The zero-order valence-corrected chi connectivity index (χ0v) is 10.6. The van der Waals surface area contributed by atoms with Gasteiger partial charge < -0.3 is 0 Å². The van der Waals surface area contributed by atoms with Crippen LogP contribution in [-0.2, 0) is 0 Å². The topological polar surface area (TPSA) is 0 Å². The van der Waals surface area contributed by atoms with E-state index in [1.165, 1.54) is 0 Å². The summed E-state index contributed by atoms with van der Waals surface area (Å²) in [5, 5.41) is 0. The van der Waals surface area contributed by atoms with E-state index in [0.29, 0.717) is 5.60 Å². The molecule has 1 aromatic carbocycles. The van der Waals surface area contributed by atoms with Gasteiger partial charge in [-0.3, -0.25) is 0 Å². The summed E-state index contributed by atoms with van der Waals surface area (Å²) < 4.78 is 0. The summed E-state index contributed by atoms with van der Waals surface area (Å²) in [6, 6.07) is 10.2. The molecule has 0 unspecified atom stereocenters. The van der Waals surface area contributed by atoms with Gasteiger partial charge in [-0.05, 0) is 0 Å². The van der Waals surface area contributed by atoms with Crippen LogP contribution in [0.15, 0.2) is 30.3 Å². The van der Waals surface area contributed by atoms with E-state index < -0.39 is 0 Å². The minimum atomic E-state index is 0.656. The molecule has 0 atom stereocenters. The number of rotatable bonds is 0.